The van der Waals surface area contributed by atoms with Crippen LogP contribution in [0, 0.1) is 0 Å². The molecule has 0 saturated heterocycles. The fourth-order valence-corrected chi connectivity index (χ4v) is 3.73. The highest BCUT2D eigenvalue weighted by Crippen LogP contribution is 2.35. The Morgan fingerprint density at radius 3 is 2.90 bits per heavy atom. The lowest BCUT2D eigenvalue weighted by Gasteiger charge is -2.16. The molecule has 1 aromatic carbocycles. The van der Waals surface area contributed by atoms with Crippen LogP contribution >= 0.6 is 12.3 Å². The first kappa shape index (κ1) is 22.6. The van der Waals surface area contributed by atoms with Crippen LogP contribution in [0.25, 0.3) is 11.3 Å². The smallest absolute Gasteiger partial charge is 0.411 e. The number of anilines is 2. The minimum atomic E-state index is -0.747. The maximum Gasteiger partial charge on any atom is 0.411 e. The molecule has 0 spiro atoms. The zero-order chi connectivity index (χ0) is 22.4. The number of rotatable bonds is 4. The summed E-state index contributed by atoms with van der Waals surface area (Å²) >= 11 is -0.0621. The summed E-state index contributed by atoms with van der Waals surface area (Å²) < 4.78 is 24.7. The first-order valence-electron chi connectivity index (χ1n) is 9.81. The van der Waals surface area contributed by atoms with Crippen LogP contribution in [0.15, 0.2) is 24.4 Å². The van der Waals surface area contributed by atoms with E-state index in [0.717, 1.165) is 0 Å². The lowest BCUT2D eigenvalue weighted by Crippen LogP contribution is -2.19. The van der Waals surface area contributed by atoms with Crippen molar-refractivity contribution in [3.8, 4) is 11.3 Å². The van der Waals surface area contributed by atoms with Crippen LogP contribution in [0.4, 0.5) is 20.1 Å². The average Bonchev–Trinajstić information content (AvgIpc) is 3.17. The van der Waals surface area contributed by atoms with Crippen molar-refractivity contribution < 1.29 is 27.7 Å². The number of methoxy groups -OCH3 is 1. The number of halogens is 1. The number of imidazole rings is 1. The molecule has 0 aliphatic carbocycles. The van der Waals surface area contributed by atoms with Gasteiger partial charge in [0.25, 0.3) is 0 Å². The summed E-state index contributed by atoms with van der Waals surface area (Å²) in [6.07, 6.45) is 2.54. The number of nitrogens with zero attached hydrogens (tertiary/aromatic N) is 2. The zero-order valence-corrected chi connectivity index (χ0v) is 18.0. The number of amides is 2. The van der Waals surface area contributed by atoms with Gasteiger partial charge in [0.1, 0.15) is 11.7 Å². The number of ether oxygens (including phenoxy) is 2. The first-order chi connectivity index (χ1) is 15.0. The fraction of sp³-hybridized carbons (Fsp3) is 0.400. The molecule has 9 nitrogen and oxygen atoms in total. The Morgan fingerprint density at radius 2 is 2.19 bits per heavy atom. The van der Waals surface area contributed by atoms with Crippen molar-refractivity contribution >= 4 is 41.7 Å². The van der Waals surface area contributed by atoms with Crippen LogP contribution in [0.2, 0.25) is 0 Å². The van der Waals surface area contributed by atoms with Gasteiger partial charge in [0.15, 0.2) is 12.3 Å². The lowest BCUT2D eigenvalue weighted by molar-refractivity contribution is -0.145. The van der Waals surface area contributed by atoms with E-state index in [4.69, 9.17) is 4.74 Å². The van der Waals surface area contributed by atoms with Crippen LogP contribution in [0.5, 0.6) is 0 Å². The van der Waals surface area contributed by atoms with Gasteiger partial charge < -0.3 is 14.8 Å². The molecule has 166 valence electrons. The van der Waals surface area contributed by atoms with Crippen LogP contribution < -0.4 is 10.6 Å². The SMILES string of the molecule is CCOC(=O)C1CCCCC(=O)Nc2cc(NC(=O)OC)ccc2-c2cn(SF)c1n2. The second-order valence-electron chi connectivity index (χ2n) is 6.85. The summed E-state index contributed by atoms with van der Waals surface area (Å²) in [6.45, 7) is 1.91. The molecule has 1 aliphatic heterocycles. The van der Waals surface area contributed by atoms with Crippen molar-refractivity contribution in [2.24, 2.45) is 0 Å². The van der Waals surface area contributed by atoms with Crippen molar-refractivity contribution in [1.29, 1.82) is 0 Å². The van der Waals surface area contributed by atoms with Crippen molar-refractivity contribution in [2.45, 2.75) is 38.5 Å². The van der Waals surface area contributed by atoms with Crippen LogP contribution in [-0.4, -0.2) is 40.6 Å². The van der Waals surface area contributed by atoms with Gasteiger partial charge in [0.05, 0.1) is 25.1 Å². The molecular formula is C20H23FN4O5S. The number of fused-ring (bicyclic) bond motifs is 4. The molecule has 0 radical (unpaired) electrons. The molecule has 3 rings (SSSR count). The normalized spacial score (nSPS) is 16.2. The van der Waals surface area contributed by atoms with Crippen molar-refractivity contribution in [2.75, 3.05) is 24.4 Å². The number of carbonyl (C=O) groups excluding carboxylic acids is 3. The summed E-state index contributed by atoms with van der Waals surface area (Å²) in [5.41, 5.74) is 1.69. The standard InChI is InChI=1S/C20H23FN4O5S/c1-3-30-19(27)14-6-4-5-7-17(26)23-15-10-12(22-20(28)29-2)8-9-13(15)16-11-25(31-21)18(14)24-16/h8-11,14H,3-7H2,1-2H3,(H,22,28)(H,23,26). The summed E-state index contributed by atoms with van der Waals surface area (Å²) in [4.78, 5) is 41.0. The van der Waals surface area contributed by atoms with E-state index < -0.39 is 18.0 Å². The first-order valence-corrected chi connectivity index (χ1v) is 10.5. The number of aromatic nitrogens is 2. The van der Waals surface area contributed by atoms with Crippen molar-refractivity contribution in [3.63, 3.8) is 0 Å². The third-order valence-corrected chi connectivity index (χ3v) is 5.25. The molecule has 2 aromatic rings. The van der Waals surface area contributed by atoms with E-state index in [1.807, 2.05) is 0 Å². The highest BCUT2D eigenvalue weighted by atomic mass is 32.2. The van der Waals surface area contributed by atoms with E-state index in [1.165, 1.54) is 17.3 Å². The maximum absolute atomic E-state index is 13.7. The molecule has 31 heavy (non-hydrogen) atoms. The number of hydrogen-bond acceptors (Lipinski definition) is 7. The summed E-state index contributed by atoms with van der Waals surface area (Å²) in [7, 11) is 1.24. The van der Waals surface area contributed by atoms with Gasteiger partial charge in [-0.3, -0.25) is 14.9 Å². The van der Waals surface area contributed by atoms with E-state index in [1.54, 1.807) is 25.1 Å². The predicted molar refractivity (Wildman–Crippen MR) is 114 cm³/mol. The van der Waals surface area contributed by atoms with E-state index in [2.05, 4.69) is 20.4 Å². The van der Waals surface area contributed by atoms with Gasteiger partial charge in [0.2, 0.25) is 5.91 Å². The molecule has 1 aliphatic rings. The Balaban J connectivity index is 2.09. The second kappa shape index (κ2) is 10.3. The number of carbonyl (C=O) groups is 3. The minimum absolute atomic E-state index is 0.0621. The van der Waals surface area contributed by atoms with Crippen LogP contribution in [0.1, 0.15) is 44.3 Å². The summed E-state index contributed by atoms with van der Waals surface area (Å²) in [5.74, 6) is -1.20. The molecule has 2 bridgehead atoms. The van der Waals surface area contributed by atoms with Gasteiger partial charge in [-0.25, -0.2) is 13.8 Å². The minimum Gasteiger partial charge on any atom is -0.465 e. The number of benzene rings is 1. The molecule has 1 aromatic heterocycles. The molecule has 1 atom stereocenters. The molecule has 2 heterocycles. The van der Waals surface area contributed by atoms with Gasteiger partial charge in [-0.2, -0.15) is 0 Å². The fourth-order valence-electron chi connectivity index (χ4n) is 3.35. The van der Waals surface area contributed by atoms with E-state index in [9.17, 15) is 18.3 Å². The zero-order valence-electron chi connectivity index (χ0n) is 17.1. The van der Waals surface area contributed by atoms with Crippen LogP contribution in [0.3, 0.4) is 0 Å². The third kappa shape index (κ3) is 5.35. The molecule has 1 unspecified atom stereocenters. The van der Waals surface area contributed by atoms with Gasteiger partial charge >= 0.3 is 12.1 Å². The van der Waals surface area contributed by atoms with Crippen molar-refractivity contribution in [3.05, 3.63) is 30.2 Å². The molecular weight excluding hydrogens is 427 g/mol. The van der Waals surface area contributed by atoms with Crippen LogP contribution in [-0.2, 0) is 19.1 Å². The van der Waals surface area contributed by atoms with E-state index in [0.29, 0.717) is 41.9 Å². The molecule has 11 heteroatoms. The number of nitrogens with one attached hydrogen (secondary N) is 2. The summed E-state index contributed by atoms with van der Waals surface area (Å²) in [6, 6.07) is 4.82. The van der Waals surface area contributed by atoms with Gasteiger partial charge in [0, 0.05) is 23.9 Å². The van der Waals surface area contributed by atoms with Gasteiger partial charge in [-0.1, -0.05) is 6.42 Å². The summed E-state index contributed by atoms with van der Waals surface area (Å²) in [5, 5.41) is 5.37. The Hall–Kier alpha value is -3.08. The number of esters is 1. The Labute approximate surface area is 183 Å². The predicted octanol–water partition coefficient (Wildman–Crippen LogP) is 4.27. The number of hydrogen-bond donors (Lipinski definition) is 2. The Kier molecular flexibility index (Phi) is 7.50. The highest BCUT2D eigenvalue weighted by Gasteiger charge is 2.29. The largest absolute Gasteiger partial charge is 0.465 e. The van der Waals surface area contributed by atoms with Gasteiger partial charge in [-0.05, 0) is 38.0 Å². The maximum atomic E-state index is 13.7. The van der Waals surface area contributed by atoms with Gasteiger partial charge in [-0.15, -0.1) is 3.89 Å². The molecule has 0 fully saturated rings. The second-order valence-corrected chi connectivity index (χ2v) is 7.39. The molecule has 2 amide bonds. The monoisotopic (exact) mass is 450 g/mol. The third-order valence-electron chi connectivity index (χ3n) is 4.81. The lowest BCUT2D eigenvalue weighted by atomic mass is 10.00. The quantitative estimate of drug-likeness (QED) is 0.669. The molecule has 0 saturated carbocycles. The van der Waals surface area contributed by atoms with Crippen molar-refractivity contribution in [1.82, 2.24) is 8.96 Å². The van der Waals surface area contributed by atoms with E-state index in [-0.39, 0.29) is 37.1 Å². The topological polar surface area (TPSA) is 112 Å². The van der Waals surface area contributed by atoms with E-state index >= 15 is 0 Å². The molecule has 2 N–H and O–H groups in total. The average molecular weight is 450 g/mol. The Morgan fingerprint density at radius 1 is 1.39 bits per heavy atom. The Bertz CT molecular complexity index is 980. The highest BCUT2D eigenvalue weighted by molar-refractivity contribution is 7.92.